The maximum absolute atomic E-state index is 11.8. The topological polar surface area (TPSA) is 55.4 Å². The summed E-state index contributed by atoms with van der Waals surface area (Å²) >= 11 is 0. The predicted octanol–water partition coefficient (Wildman–Crippen LogP) is 1.40. The van der Waals surface area contributed by atoms with E-state index in [1.807, 2.05) is 0 Å². The molecule has 0 aliphatic carbocycles. The average molecular weight is 221 g/mol. The van der Waals surface area contributed by atoms with Gasteiger partial charge in [0, 0.05) is 12.5 Å². The molecule has 0 aliphatic rings. The van der Waals surface area contributed by atoms with Crippen molar-refractivity contribution in [2.75, 3.05) is 7.11 Å². The van der Waals surface area contributed by atoms with Crippen molar-refractivity contribution in [1.82, 2.24) is 5.32 Å². The van der Waals surface area contributed by atoms with E-state index in [-0.39, 0.29) is 11.7 Å². The number of ketones is 1. The molecule has 0 spiro atoms. The van der Waals surface area contributed by atoms with Crippen molar-refractivity contribution in [3.63, 3.8) is 0 Å². The molecule has 0 heterocycles. The Balaban J connectivity index is 2.75. The number of ether oxygens (including phenoxy) is 1. The van der Waals surface area contributed by atoms with Gasteiger partial charge in [0.1, 0.15) is 5.75 Å². The molecule has 1 amide bonds. The Hall–Kier alpha value is -1.84. The highest BCUT2D eigenvalue weighted by molar-refractivity contribution is 6.01. The normalized spacial score (nSPS) is 11.7. The summed E-state index contributed by atoms with van der Waals surface area (Å²) in [7, 11) is 1.57. The number of Topliss-reactive ketones (excluding diaryl/α,β-unsaturated/α-hetero) is 1. The first-order valence-corrected chi connectivity index (χ1v) is 5.00. The van der Waals surface area contributed by atoms with E-state index >= 15 is 0 Å². The Bertz CT molecular complexity index is 384. The molecular weight excluding hydrogens is 206 g/mol. The van der Waals surface area contributed by atoms with Crippen LogP contribution < -0.4 is 10.1 Å². The maximum atomic E-state index is 11.8. The van der Waals surface area contributed by atoms with Gasteiger partial charge < -0.3 is 10.1 Å². The summed E-state index contributed by atoms with van der Waals surface area (Å²) in [5.74, 6) is 0.371. The fraction of sp³-hybridized carbons (Fsp3) is 0.333. The second kappa shape index (κ2) is 5.30. The first-order chi connectivity index (χ1) is 7.54. The Labute approximate surface area is 94.6 Å². The van der Waals surface area contributed by atoms with Gasteiger partial charge in [0.2, 0.25) is 5.91 Å². The molecule has 1 atom stereocenters. The van der Waals surface area contributed by atoms with Crippen LogP contribution in [-0.2, 0) is 4.79 Å². The summed E-state index contributed by atoms with van der Waals surface area (Å²) in [6.07, 6.45) is 0. The Kier molecular flexibility index (Phi) is 4.05. The summed E-state index contributed by atoms with van der Waals surface area (Å²) in [5.41, 5.74) is 0.557. The fourth-order valence-electron chi connectivity index (χ4n) is 1.38. The van der Waals surface area contributed by atoms with Gasteiger partial charge in [-0.05, 0) is 31.2 Å². The van der Waals surface area contributed by atoms with Gasteiger partial charge in [0.25, 0.3) is 0 Å². The van der Waals surface area contributed by atoms with Gasteiger partial charge in [-0.1, -0.05) is 0 Å². The second-order valence-electron chi connectivity index (χ2n) is 3.51. The summed E-state index contributed by atoms with van der Waals surface area (Å²) in [4.78, 5) is 22.6. The van der Waals surface area contributed by atoms with Gasteiger partial charge in [-0.25, -0.2) is 0 Å². The van der Waals surface area contributed by atoms with Gasteiger partial charge in [-0.2, -0.15) is 0 Å². The number of methoxy groups -OCH3 is 1. The van der Waals surface area contributed by atoms with Crippen LogP contribution in [0, 0.1) is 0 Å². The molecule has 0 saturated heterocycles. The summed E-state index contributed by atoms with van der Waals surface area (Å²) in [6.45, 7) is 3.05. The SMILES string of the molecule is COc1ccc(C(=O)C(C)NC(C)=O)cc1. The maximum Gasteiger partial charge on any atom is 0.217 e. The van der Waals surface area contributed by atoms with Crippen molar-refractivity contribution in [3.05, 3.63) is 29.8 Å². The molecule has 16 heavy (non-hydrogen) atoms. The van der Waals surface area contributed by atoms with E-state index in [2.05, 4.69) is 5.32 Å². The lowest BCUT2D eigenvalue weighted by Crippen LogP contribution is -2.37. The second-order valence-corrected chi connectivity index (χ2v) is 3.51. The number of hydrogen-bond donors (Lipinski definition) is 1. The first kappa shape index (κ1) is 12.2. The van der Waals surface area contributed by atoms with E-state index in [9.17, 15) is 9.59 Å². The standard InChI is InChI=1S/C12H15NO3/c1-8(13-9(2)14)12(15)10-4-6-11(16-3)7-5-10/h4-8H,1-3H3,(H,13,14). The van der Waals surface area contributed by atoms with Crippen molar-refractivity contribution >= 4 is 11.7 Å². The lowest BCUT2D eigenvalue weighted by molar-refractivity contribution is -0.119. The minimum Gasteiger partial charge on any atom is -0.497 e. The fourth-order valence-corrected chi connectivity index (χ4v) is 1.38. The van der Waals surface area contributed by atoms with E-state index in [1.54, 1.807) is 38.3 Å². The zero-order valence-corrected chi connectivity index (χ0v) is 9.61. The van der Waals surface area contributed by atoms with E-state index in [0.29, 0.717) is 11.3 Å². The van der Waals surface area contributed by atoms with Crippen LogP contribution in [0.5, 0.6) is 5.75 Å². The van der Waals surface area contributed by atoms with Crippen LogP contribution in [-0.4, -0.2) is 24.8 Å². The lowest BCUT2D eigenvalue weighted by atomic mass is 10.1. The van der Waals surface area contributed by atoms with E-state index in [0.717, 1.165) is 0 Å². The van der Waals surface area contributed by atoms with E-state index in [4.69, 9.17) is 4.74 Å². The minimum absolute atomic E-state index is 0.113. The summed E-state index contributed by atoms with van der Waals surface area (Å²) < 4.78 is 4.99. The monoisotopic (exact) mass is 221 g/mol. The van der Waals surface area contributed by atoms with Crippen molar-refractivity contribution < 1.29 is 14.3 Å². The molecule has 1 aromatic carbocycles. The Morgan fingerprint density at radius 2 is 1.81 bits per heavy atom. The predicted molar refractivity (Wildman–Crippen MR) is 60.6 cm³/mol. The van der Waals surface area contributed by atoms with Crippen molar-refractivity contribution in [2.45, 2.75) is 19.9 Å². The summed E-state index contributed by atoms with van der Waals surface area (Å²) in [5, 5.41) is 2.55. The van der Waals surface area contributed by atoms with E-state index in [1.165, 1.54) is 6.92 Å². The zero-order chi connectivity index (χ0) is 12.1. The van der Waals surface area contributed by atoms with Gasteiger partial charge >= 0.3 is 0 Å². The molecule has 0 radical (unpaired) electrons. The van der Waals surface area contributed by atoms with E-state index < -0.39 is 6.04 Å². The van der Waals surface area contributed by atoms with Gasteiger partial charge in [-0.15, -0.1) is 0 Å². The van der Waals surface area contributed by atoms with Crippen LogP contribution in [0.15, 0.2) is 24.3 Å². The van der Waals surface area contributed by atoms with Crippen LogP contribution >= 0.6 is 0 Å². The molecule has 1 unspecified atom stereocenters. The van der Waals surface area contributed by atoms with Gasteiger partial charge in [0.15, 0.2) is 5.78 Å². The molecule has 1 N–H and O–H groups in total. The van der Waals surface area contributed by atoms with Crippen LogP contribution in [0.1, 0.15) is 24.2 Å². The number of amides is 1. The van der Waals surface area contributed by atoms with Crippen molar-refractivity contribution in [1.29, 1.82) is 0 Å². The molecule has 0 aliphatic heterocycles. The molecule has 0 bridgehead atoms. The van der Waals surface area contributed by atoms with Crippen molar-refractivity contribution in [2.24, 2.45) is 0 Å². The number of carbonyl (C=O) groups excluding carboxylic acids is 2. The van der Waals surface area contributed by atoms with Gasteiger partial charge in [-0.3, -0.25) is 9.59 Å². The molecular formula is C12H15NO3. The van der Waals surface area contributed by atoms with Gasteiger partial charge in [0.05, 0.1) is 13.2 Å². The quantitative estimate of drug-likeness (QED) is 0.782. The molecule has 0 saturated carbocycles. The smallest absolute Gasteiger partial charge is 0.217 e. The molecule has 1 rings (SSSR count). The van der Waals surface area contributed by atoms with Crippen molar-refractivity contribution in [3.8, 4) is 5.75 Å². The lowest BCUT2D eigenvalue weighted by Gasteiger charge is -2.11. The highest BCUT2D eigenvalue weighted by atomic mass is 16.5. The molecule has 1 aromatic rings. The zero-order valence-electron chi connectivity index (χ0n) is 9.61. The molecule has 0 fully saturated rings. The Morgan fingerprint density at radius 3 is 2.25 bits per heavy atom. The third-order valence-corrected chi connectivity index (χ3v) is 2.19. The third-order valence-electron chi connectivity index (χ3n) is 2.19. The molecule has 86 valence electrons. The number of rotatable bonds is 4. The van der Waals surface area contributed by atoms with Crippen LogP contribution in [0.4, 0.5) is 0 Å². The average Bonchev–Trinajstić information content (AvgIpc) is 2.27. The largest absolute Gasteiger partial charge is 0.497 e. The highest BCUT2D eigenvalue weighted by Gasteiger charge is 2.15. The highest BCUT2D eigenvalue weighted by Crippen LogP contribution is 2.12. The molecule has 4 nitrogen and oxygen atoms in total. The van der Waals surface area contributed by atoms with Crippen LogP contribution in [0.25, 0.3) is 0 Å². The summed E-state index contributed by atoms with van der Waals surface area (Å²) in [6, 6.07) is 6.28. The number of carbonyl (C=O) groups is 2. The Morgan fingerprint density at radius 1 is 1.25 bits per heavy atom. The number of nitrogens with one attached hydrogen (secondary N) is 1. The molecule has 0 aromatic heterocycles. The number of benzene rings is 1. The minimum atomic E-state index is -0.508. The molecule has 4 heteroatoms. The van der Waals surface area contributed by atoms with Crippen LogP contribution in [0.3, 0.4) is 0 Å². The first-order valence-electron chi connectivity index (χ1n) is 5.00. The number of hydrogen-bond acceptors (Lipinski definition) is 3. The third kappa shape index (κ3) is 3.08. The van der Waals surface area contributed by atoms with Crippen LogP contribution in [0.2, 0.25) is 0 Å².